The zero-order chi connectivity index (χ0) is 13.8. The Balaban J connectivity index is 2.15. The van der Waals surface area contributed by atoms with Crippen molar-refractivity contribution in [1.29, 1.82) is 0 Å². The van der Waals surface area contributed by atoms with Gasteiger partial charge in [0.1, 0.15) is 5.75 Å². The van der Waals surface area contributed by atoms with Crippen molar-refractivity contribution >= 4 is 27.5 Å². The van der Waals surface area contributed by atoms with Crippen molar-refractivity contribution in [3.05, 3.63) is 58.1 Å². The molecule has 0 heterocycles. The van der Waals surface area contributed by atoms with Gasteiger partial charge in [-0.15, -0.1) is 0 Å². The predicted octanol–water partition coefficient (Wildman–Crippen LogP) is 4.02. The second-order valence-electron chi connectivity index (χ2n) is 4.20. The fourth-order valence-electron chi connectivity index (χ4n) is 1.75. The van der Waals surface area contributed by atoms with Crippen LogP contribution in [0.1, 0.15) is 15.9 Å². The molecule has 2 aromatic carbocycles. The first-order valence-electron chi connectivity index (χ1n) is 5.81. The van der Waals surface area contributed by atoms with E-state index in [-0.39, 0.29) is 5.91 Å². The number of ether oxygens (including phenoxy) is 1. The van der Waals surface area contributed by atoms with E-state index in [0.717, 1.165) is 21.5 Å². The minimum absolute atomic E-state index is 0.130. The van der Waals surface area contributed by atoms with Gasteiger partial charge in [-0.25, -0.2) is 0 Å². The summed E-state index contributed by atoms with van der Waals surface area (Å²) in [5, 5.41) is 2.85. The number of nitrogens with one attached hydrogen (secondary N) is 1. The van der Waals surface area contributed by atoms with E-state index in [1.807, 2.05) is 43.3 Å². The first kappa shape index (κ1) is 13.6. The molecule has 4 heteroatoms. The normalized spacial score (nSPS) is 10.1. The molecule has 0 unspecified atom stereocenters. The highest BCUT2D eigenvalue weighted by Crippen LogP contribution is 2.18. The number of aryl methyl sites for hydroxylation is 1. The molecule has 0 spiro atoms. The van der Waals surface area contributed by atoms with Gasteiger partial charge in [0.2, 0.25) is 0 Å². The number of hydrogen-bond donors (Lipinski definition) is 1. The third-order valence-electron chi connectivity index (χ3n) is 2.65. The fraction of sp³-hybridized carbons (Fsp3) is 0.133. The molecule has 0 aromatic heterocycles. The molecule has 0 aliphatic carbocycles. The highest BCUT2D eigenvalue weighted by molar-refractivity contribution is 9.10. The van der Waals surface area contributed by atoms with Gasteiger partial charge in [0.15, 0.2) is 0 Å². The van der Waals surface area contributed by atoms with Crippen LogP contribution in [0.2, 0.25) is 0 Å². The van der Waals surface area contributed by atoms with E-state index in [9.17, 15) is 4.79 Å². The first-order chi connectivity index (χ1) is 9.08. The molecule has 0 radical (unpaired) electrons. The van der Waals surface area contributed by atoms with Crippen LogP contribution in [0, 0.1) is 6.92 Å². The maximum atomic E-state index is 12.1. The number of halogens is 1. The van der Waals surface area contributed by atoms with Crippen LogP contribution < -0.4 is 10.1 Å². The second kappa shape index (κ2) is 5.89. The predicted molar refractivity (Wildman–Crippen MR) is 79.8 cm³/mol. The van der Waals surface area contributed by atoms with Gasteiger partial charge >= 0.3 is 0 Å². The Bertz CT molecular complexity index is 573. The molecule has 0 saturated heterocycles. The lowest BCUT2D eigenvalue weighted by molar-refractivity contribution is 0.102. The third-order valence-corrected chi connectivity index (χ3v) is 3.11. The lowest BCUT2D eigenvalue weighted by Crippen LogP contribution is -2.12. The highest BCUT2D eigenvalue weighted by Gasteiger charge is 2.07. The van der Waals surface area contributed by atoms with Gasteiger partial charge in [0.25, 0.3) is 5.91 Å². The van der Waals surface area contributed by atoms with Crippen molar-refractivity contribution in [2.75, 3.05) is 12.4 Å². The van der Waals surface area contributed by atoms with Crippen LogP contribution in [-0.2, 0) is 0 Å². The van der Waals surface area contributed by atoms with Gasteiger partial charge in [-0.05, 0) is 55.0 Å². The van der Waals surface area contributed by atoms with Crippen molar-refractivity contribution in [3.8, 4) is 5.75 Å². The van der Waals surface area contributed by atoms with Crippen LogP contribution in [0.25, 0.3) is 0 Å². The van der Waals surface area contributed by atoms with E-state index < -0.39 is 0 Å². The Morgan fingerprint density at radius 3 is 2.42 bits per heavy atom. The number of carbonyl (C=O) groups excluding carboxylic acids is 1. The zero-order valence-electron chi connectivity index (χ0n) is 10.7. The summed E-state index contributed by atoms with van der Waals surface area (Å²) in [7, 11) is 1.61. The van der Waals surface area contributed by atoms with Gasteiger partial charge in [-0.1, -0.05) is 15.9 Å². The van der Waals surface area contributed by atoms with Gasteiger partial charge in [0, 0.05) is 15.7 Å². The standard InChI is InChI=1S/C15H14BrNO2/c1-10-7-11(9-12(16)8-10)15(18)17-13-3-5-14(19-2)6-4-13/h3-9H,1-2H3,(H,17,18). The minimum atomic E-state index is -0.130. The van der Waals surface area contributed by atoms with E-state index in [4.69, 9.17) is 4.74 Å². The van der Waals surface area contributed by atoms with Crippen molar-refractivity contribution in [1.82, 2.24) is 0 Å². The van der Waals surface area contributed by atoms with E-state index >= 15 is 0 Å². The summed E-state index contributed by atoms with van der Waals surface area (Å²) in [4.78, 5) is 12.1. The first-order valence-corrected chi connectivity index (χ1v) is 6.60. The second-order valence-corrected chi connectivity index (χ2v) is 5.12. The van der Waals surface area contributed by atoms with Crippen LogP contribution >= 0.6 is 15.9 Å². The van der Waals surface area contributed by atoms with Crippen molar-refractivity contribution in [2.45, 2.75) is 6.92 Å². The summed E-state index contributed by atoms with van der Waals surface area (Å²) in [5.41, 5.74) is 2.40. The van der Waals surface area contributed by atoms with Gasteiger partial charge in [-0.3, -0.25) is 4.79 Å². The molecular formula is C15H14BrNO2. The van der Waals surface area contributed by atoms with Crippen LogP contribution in [-0.4, -0.2) is 13.0 Å². The van der Waals surface area contributed by atoms with Crippen LogP contribution in [0.15, 0.2) is 46.9 Å². The highest BCUT2D eigenvalue weighted by atomic mass is 79.9. The molecule has 19 heavy (non-hydrogen) atoms. The summed E-state index contributed by atoms with van der Waals surface area (Å²) < 4.78 is 5.97. The molecule has 1 N–H and O–H groups in total. The van der Waals surface area contributed by atoms with Crippen molar-refractivity contribution < 1.29 is 9.53 Å². The Labute approximate surface area is 120 Å². The molecule has 0 aliphatic rings. The SMILES string of the molecule is COc1ccc(NC(=O)c2cc(C)cc(Br)c2)cc1. The van der Waals surface area contributed by atoms with Gasteiger partial charge in [-0.2, -0.15) is 0 Å². The monoisotopic (exact) mass is 319 g/mol. The number of anilines is 1. The molecule has 3 nitrogen and oxygen atoms in total. The number of benzene rings is 2. The Hall–Kier alpha value is -1.81. The molecular weight excluding hydrogens is 306 g/mol. The smallest absolute Gasteiger partial charge is 0.255 e. The average molecular weight is 320 g/mol. The lowest BCUT2D eigenvalue weighted by atomic mass is 10.1. The maximum Gasteiger partial charge on any atom is 0.255 e. The minimum Gasteiger partial charge on any atom is -0.497 e. The average Bonchev–Trinajstić information content (AvgIpc) is 2.38. The largest absolute Gasteiger partial charge is 0.497 e. The molecule has 0 fully saturated rings. The summed E-state index contributed by atoms with van der Waals surface area (Å²) in [6, 6.07) is 12.8. The molecule has 0 bridgehead atoms. The summed E-state index contributed by atoms with van der Waals surface area (Å²) in [6.07, 6.45) is 0. The maximum absolute atomic E-state index is 12.1. The number of hydrogen-bond acceptors (Lipinski definition) is 2. The molecule has 1 amide bonds. The third kappa shape index (κ3) is 3.58. The van der Waals surface area contributed by atoms with E-state index in [1.165, 1.54) is 0 Å². The molecule has 0 saturated carbocycles. The number of rotatable bonds is 3. The molecule has 2 aromatic rings. The van der Waals surface area contributed by atoms with E-state index in [2.05, 4.69) is 21.2 Å². The Morgan fingerprint density at radius 2 is 1.84 bits per heavy atom. The molecule has 0 atom stereocenters. The lowest BCUT2D eigenvalue weighted by Gasteiger charge is -2.07. The number of methoxy groups -OCH3 is 1. The van der Waals surface area contributed by atoms with Gasteiger partial charge in [0.05, 0.1) is 7.11 Å². The summed E-state index contributed by atoms with van der Waals surface area (Å²) in [5.74, 6) is 0.630. The van der Waals surface area contributed by atoms with E-state index in [1.54, 1.807) is 13.2 Å². The summed E-state index contributed by atoms with van der Waals surface area (Å²) >= 11 is 3.39. The van der Waals surface area contributed by atoms with Gasteiger partial charge < -0.3 is 10.1 Å². The van der Waals surface area contributed by atoms with Crippen molar-refractivity contribution in [2.24, 2.45) is 0 Å². The topological polar surface area (TPSA) is 38.3 Å². The Kier molecular flexibility index (Phi) is 4.22. The Morgan fingerprint density at radius 1 is 1.16 bits per heavy atom. The van der Waals surface area contributed by atoms with Crippen LogP contribution in [0.5, 0.6) is 5.75 Å². The molecule has 98 valence electrons. The number of amides is 1. The summed E-state index contributed by atoms with van der Waals surface area (Å²) in [6.45, 7) is 1.95. The number of carbonyl (C=O) groups is 1. The van der Waals surface area contributed by atoms with Crippen LogP contribution in [0.4, 0.5) is 5.69 Å². The van der Waals surface area contributed by atoms with E-state index in [0.29, 0.717) is 5.56 Å². The molecule has 0 aliphatic heterocycles. The molecule has 2 rings (SSSR count). The quantitative estimate of drug-likeness (QED) is 0.928. The fourth-order valence-corrected chi connectivity index (χ4v) is 2.35. The van der Waals surface area contributed by atoms with Crippen LogP contribution in [0.3, 0.4) is 0 Å². The van der Waals surface area contributed by atoms with Crippen molar-refractivity contribution in [3.63, 3.8) is 0 Å². The zero-order valence-corrected chi connectivity index (χ0v) is 12.3.